The predicted molar refractivity (Wildman–Crippen MR) is 45.5 cm³/mol. The molecule has 1 aliphatic heterocycles. The van der Waals surface area contributed by atoms with Crippen LogP contribution in [0, 0.1) is 0 Å². The molecule has 0 bridgehead atoms. The number of nitrogens with two attached hydrogens (primary N) is 1. The van der Waals surface area contributed by atoms with Crippen molar-refractivity contribution in [3.05, 3.63) is 0 Å². The maximum absolute atomic E-state index is 5.42. The average Bonchev–Trinajstić information content (AvgIpc) is 2.26. The van der Waals surface area contributed by atoms with E-state index in [2.05, 4.69) is 11.9 Å². The van der Waals surface area contributed by atoms with E-state index in [-0.39, 0.29) is 6.10 Å². The van der Waals surface area contributed by atoms with Crippen molar-refractivity contribution in [3.8, 4) is 0 Å². The molecule has 0 unspecified atom stereocenters. The quantitative estimate of drug-likeness (QED) is 0.669. The third-order valence-electron chi connectivity index (χ3n) is 2.00. The SMILES string of the molecule is CCCC[C@@H]1N=C(N)O[C@@H]1C. The zero-order valence-electron chi connectivity index (χ0n) is 7.21. The van der Waals surface area contributed by atoms with Crippen LogP contribution in [0.1, 0.15) is 33.1 Å². The molecule has 0 fully saturated rings. The number of hydrogen-bond donors (Lipinski definition) is 1. The smallest absolute Gasteiger partial charge is 0.282 e. The van der Waals surface area contributed by atoms with E-state index in [0.29, 0.717) is 12.1 Å². The van der Waals surface area contributed by atoms with Crippen molar-refractivity contribution in [2.45, 2.75) is 45.3 Å². The number of hydrogen-bond acceptors (Lipinski definition) is 3. The van der Waals surface area contributed by atoms with Gasteiger partial charge in [0.2, 0.25) is 0 Å². The minimum atomic E-state index is 0.182. The van der Waals surface area contributed by atoms with Gasteiger partial charge < -0.3 is 10.5 Å². The molecule has 0 spiro atoms. The van der Waals surface area contributed by atoms with Crippen molar-refractivity contribution in [2.24, 2.45) is 10.7 Å². The maximum Gasteiger partial charge on any atom is 0.282 e. The summed E-state index contributed by atoms with van der Waals surface area (Å²) in [7, 11) is 0. The first-order valence-electron chi connectivity index (χ1n) is 4.24. The highest BCUT2D eigenvalue weighted by atomic mass is 16.5. The number of amidine groups is 1. The minimum absolute atomic E-state index is 0.182. The summed E-state index contributed by atoms with van der Waals surface area (Å²) in [6.45, 7) is 4.19. The Morgan fingerprint density at radius 2 is 2.36 bits per heavy atom. The molecule has 0 aromatic heterocycles. The Morgan fingerprint density at radius 3 is 2.82 bits per heavy atom. The molecule has 0 amide bonds. The summed E-state index contributed by atoms with van der Waals surface area (Å²) in [5.41, 5.74) is 5.42. The van der Waals surface area contributed by atoms with Gasteiger partial charge in [0.1, 0.15) is 6.10 Å². The molecule has 3 heteroatoms. The van der Waals surface area contributed by atoms with Gasteiger partial charge in [-0.1, -0.05) is 19.8 Å². The standard InChI is InChI=1S/C8H16N2O/c1-3-4-5-7-6(2)11-8(9)10-7/h6-7H,3-5H2,1-2H3,(H2,9,10)/t6-,7+/m1/s1. The van der Waals surface area contributed by atoms with E-state index in [4.69, 9.17) is 10.5 Å². The molecular formula is C8H16N2O. The fourth-order valence-corrected chi connectivity index (χ4v) is 1.28. The van der Waals surface area contributed by atoms with E-state index in [1.165, 1.54) is 12.8 Å². The minimum Gasteiger partial charge on any atom is -0.460 e. The second-order valence-electron chi connectivity index (χ2n) is 3.00. The summed E-state index contributed by atoms with van der Waals surface area (Å²) < 4.78 is 5.20. The van der Waals surface area contributed by atoms with Gasteiger partial charge >= 0.3 is 0 Å². The van der Waals surface area contributed by atoms with Crippen molar-refractivity contribution in [2.75, 3.05) is 0 Å². The summed E-state index contributed by atoms with van der Waals surface area (Å²) in [4.78, 5) is 4.18. The molecule has 11 heavy (non-hydrogen) atoms. The van der Waals surface area contributed by atoms with Gasteiger partial charge in [-0.2, -0.15) is 0 Å². The Balaban J connectivity index is 2.33. The molecular weight excluding hydrogens is 140 g/mol. The highest BCUT2D eigenvalue weighted by Gasteiger charge is 2.24. The average molecular weight is 156 g/mol. The van der Waals surface area contributed by atoms with Gasteiger partial charge in [0.15, 0.2) is 0 Å². The Morgan fingerprint density at radius 1 is 1.64 bits per heavy atom. The molecule has 0 saturated heterocycles. The van der Waals surface area contributed by atoms with Gasteiger partial charge in [0.05, 0.1) is 6.04 Å². The van der Waals surface area contributed by atoms with Gasteiger partial charge in [-0.25, -0.2) is 4.99 Å². The van der Waals surface area contributed by atoms with Crippen molar-refractivity contribution in [1.82, 2.24) is 0 Å². The number of ether oxygens (including phenoxy) is 1. The molecule has 0 saturated carbocycles. The Kier molecular flexibility index (Phi) is 2.74. The first-order chi connectivity index (χ1) is 5.24. The van der Waals surface area contributed by atoms with Crippen molar-refractivity contribution < 1.29 is 4.74 Å². The maximum atomic E-state index is 5.42. The van der Waals surface area contributed by atoms with Crippen LogP contribution in [0.2, 0.25) is 0 Å². The molecule has 1 heterocycles. The van der Waals surface area contributed by atoms with Crippen LogP contribution in [-0.2, 0) is 4.74 Å². The second kappa shape index (κ2) is 3.60. The van der Waals surface area contributed by atoms with E-state index < -0.39 is 0 Å². The predicted octanol–water partition coefficient (Wildman–Crippen LogP) is 1.28. The summed E-state index contributed by atoms with van der Waals surface area (Å²) in [6, 6.07) is 0.661. The van der Waals surface area contributed by atoms with E-state index in [1.54, 1.807) is 0 Å². The monoisotopic (exact) mass is 156 g/mol. The van der Waals surface area contributed by atoms with Crippen molar-refractivity contribution in [1.29, 1.82) is 0 Å². The van der Waals surface area contributed by atoms with Gasteiger partial charge in [-0.05, 0) is 13.3 Å². The van der Waals surface area contributed by atoms with Crippen LogP contribution in [0.15, 0.2) is 4.99 Å². The highest BCUT2D eigenvalue weighted by molar-refractivity contribution is 5.73. The Labute approximate surface area is 67.6 Å². The molecule has 64 valence electrons. The third-order valence-corrected chi connectivity index (χ3v) is 2.00. The van der Waals surface area contributed by atoms with Gasteiger partial charge in [0.25, 0.3) is 6.02 Å². The van der Waals surface area contributed by atoms with Gasteiger partial charge in [0, 0.05) is 0 Å². The molecule has 3 nitrogen and oxygen atoms in total. The molecule has 0 aromatic carbocycles. The van der Waals surface area contributed by atoms with Crippen LogP contribution in [0.4, 0.5) is 0 Å². The summed E-state index contributed by atoms with van der Waals surface area (Å²) in [6.07, 6.45) is 3.69. The van der Waals surface area contributed by atoms with Crippen molar-refractivity contribution in [3.63, 3.8) is 0 Å². The zero-order valence-corrected chi connectivity index (χ0v) is 7.21. The summed E-state index contributed by atoms with van der Waals surface area (Å²) in [5, 5.41) is 0. The lowest BCUT2D eigenvalue weighted by Gasteiger charge is -2.10. The highest BCUT2D eigenvalue weighted by Crippen LogP contribution is 2.16. The lowest BCUT2D eigenvalue weighted by Crippen LogP contribution is -2.19. The topological polar surface area (TPSA) is 47.6 Å². The van der Waals surface area contributed by atoms with Crippen LogP contribution in [0.25, 0.3) is 0 Å². The Bertz CT molecular complexity index is 156. The van der Waals surface area contributed by atoms with Crippen LogP contribution >= 0.6 is 0 Å². The Hall–Kier alpha value is -0.730. The van der Waals surface area contributed by atoms with Crippen LogP contribution < -0.4 is 5.73 Å². The van der Waals surface area contributed by atoms with E-state index >= 15 is 0 Å². The normalized spacial score (nSPS) is 29.8. The number of aliphatic imine (C=N–C) groups is 1. The van der Waals surface area contributed by atoms with Gasteiger partial charge in [-0.3, -0.25) is 0 Å². The first kappa shape index (κ1) is 8.37. The van der Waals surface area contributed by atoms with Crippen molar-refractivity contribution >= 4 is 6.02 Å². The zero-order chi connectivity index (χ0) is 8.27. The molecule has 1 aliphatic rings. The van der Waals surface area contributed by atoms with Crippen LogP contribution in [-0.4, -0.2) is 18.2 Å². The summed E-state index contributed by atoms with van der Waals surface area (Å²) in [5.74, 6) is 0. The number of nitrogens with zero attached hydrogens (tertiary/aromatic N) is 1. The summed E-state index contributed by atoms with van der Waals surface area (Å²) >= 11 is 0. The lowest BCUT2D eigenvalue weighted by molar-refractivity contribution is 0.204. The second-order valence-corrected chi connectivity index (χ2v) is 3.00. The number of unbranched alkanes of at least 4 members (excludes halogenated alkanes) is 1. The fourth-order valence-electron chi connectivity index (χ4n) is 1.28. The lowest BCUT2D eigenvalue weighted by atomic mass is 10.1. The van der Waals surface area contributed by atoms with E-state index in [9.17, 15) is 0 Å². The van der Waals surface area contributed by atoms with Crippen LogP contribution in [0.5, 0.6) is 0 Å². The fraction of sp³-hybridized carbons (Fsp3) is 0.875. The molecule has 2 atom stereocenters. The third kappa shape index (κ3) is 2.10. The van der Waals surface area contributed by atoms with E-state index in [1.807, 2.05) is 6.92 Å². The van der Waals surface area contributed by atoms with E-state index in [0.717, 1.165) is 6.42 Å². The molecule has 0 aromatic rings. The number of rotatable bonds is 3. The molecule has 0 radical (unpaired) electrons. The first-order valence-corrected chi connectivity index (χ1v) is 4.24. The molecule has 1 rings (SSSR count). The van der Waals surface area contributed by atoms with Crippen LogP contribution in [0.3, 0.4) is 0 Å². The molecule has 2 N–H and O–H groups in total. The molecule has 0 aliphatic carbocycles. The van der Waals surface area contributed by atoms with Gasteiger partial charge in [-0.15, -0.1) is 0 Å². The largest absolute Gasteiger partial charge is 0.460 e.